The Labute approximate surface area is 93.8 Å². The van der Waals surface area contributed by atoms with Gasteiger partial charge in [0.2, 0.25) is 10.0 Å². The maximum atomic E-state index is 11.9. The zero-order valence-corrected chi connectivity index (χ0v) is 10.8. The second-order valence-corrected chi connectivity index (χ2v) is 6.68. The molecular weight excluding hydrogens is 270 g/mol. The molecule has 1 aliphatic rings. The molecule has 6 heteroatoms. The van der Waals surface area contributed by atoms with Gasteiger partial charge in [-0.05, 0) is 13.8 Å². The maximum absolute atomic E-state index is 11.9. The van der Waals surface area contributed by atoms with E-state index in [9.17, 15) is 8.42 Å². The van der Waals surface area contributed by atoms with Gasteiger partial charge >= 0.3 is 0 Å². The Balaban J connectivity index is 2.83. The first-order valence-corrected chi connectivity index (χ1v) is 7.27. The smallest absolute Gasteiger partial charge is 0.216 e. The van der Waals surface area contributed by atoms with Crippen LogP contribution in [-0.4, -0.2) is 49.1 Å². The van der Waals surface area contributed by atoms with Crippen LogP contribution in [0.15, 0.2) is 0 Å². The first-order chi connectivity index (χ1) is 6.50. The molecule has 0 aromatic carbocycles. The third-order valence-electron chi connectivity index (χ3n) is 2.27. The lowest BCUT2D eigenvalue weighted by Gasteiger charge is -2.34. The van der Waals surface area contributed by atoms with Crippen molar-refractivity contribution in [2.75, 3.05) is 25.1 Å². The standard InChI is InChI=1S/C8H16BrNO3S/c1-7(2)14(11,12)10-3-4-13-6-8(10)5-9/h7-8H,3-6H2,1-2H3. The van der Waals surface area contributed by atoms with Gasteiger partial charge in [-0.3, -0.25) is 0 Å². The fourth-order valence-corrected chi connectivity index (χ4v) is 3.52. The highest BCUT2D eigenvalue weighted by Gasteiger charge is 2.33. The lowest BCUT2D eigenvalue weighted by Crippen LogP contribution is -2.51. The molecule has 0 saturated carbocycles. The number of morpholine rings is 1. The molecule has 1 rings (SSSR count). The van der Waals surface area contributed by atoms with Crippen LogP contribution in [0.4, 0.5) is 0 Å². The van der Waals surface area contributed by atoms with E-state index in [0.29, 0.717) is 25.1 Å². The first kappa shape index (κ1) is 12.4. The molecule has 0 aromatic heterocycles. The minimum Gasteiger partial charge on any atom is -0.378 e. The second kappa shape index (κ2) is 4.92. The quantitative estimate of drug-likeness (QED) is 0.722. The Hall–Kier alpha value is 0.350. The summed E-state index contributed by atoms with van der Waals surface area (Å²) < 4.78 is 30.6. The van der Waals surface area contributed by atoms with Crippen molar-refractivity contribution in [1.29, 1.82) is 0 Å². The van der Waals surface area contributed by atoms with Crippen molar-refractivity contribution in [2.24, 2.45) is 0 Å². The van der Waals surface area contributed by atoms with Gasteiger partial charge in [-0.1, -0.05) is 15.9 Å². The average molecular weight is 286 g/mol. The lowest BCUT2D eigenvalue weighted by atomic mass is 10.3. The summed E-state index contributed by atoms with van der Waals surface area (Å²) in [7, 11) is -3.14. The number of halogens is 1. The molecule has 84 valence electrons. The number of ether oxygens (including phenoxy) is 1. The third-order valence-corrected chi connectivity index (χ3v) is 5.35. The summed E-state index contributed by atoms with van der Waals surface area (Å²) in [4.78, 5) is 0. The number of alkyl halides is 1. The van der Waals surface area contributed by atoms with Crippen LogP contribution >= 0.6 is 15.9 Å². The van der Waals surface area contributed by atoms with E-state index in [1.807, 2.05) is 0 Å². The number of hydrogen-bond acceptors (Lipinski definition) is 3. The Bertz CT molecular complexity index is 278. The SMILES string of the molecule is CC(C)S(=O)(=O)N1CCOCC1CBr. The average Bonchev–Trinajstić information content (AvgIpc) is 2.17. The summed E-state index contributed by atoms with van der Waals surface area (Å²) in [5, 5.41) is 0.265. The monoisotopic (exact) mass is 285 g/mol. The summed E-state index contributed by atoms with van der Waals surface area (Å²) in [5.41, 5.74) is 0. The summed E-state index contributed by atoms with van der Waals surface area (Å²) in [6.07, 6.45) is 0. The molecule has 1 atom stereocenters. The van der Waals surface area contributed by atoms with Gasteiger partial charge in [-0.25, -0.2) is 8.42 Å². The maximum Gasteiger partial charge on any atom is 0.216 e. The van der Waals surface area contributed by atoms with Gasteiger partial charge in [0.05, 0.1) is 24.5 Å². The molecule has 1 heterocycles. The minimum absolute atomic E-state index is 0.0591. The van der Waals surface area contributed by atoms with Gasteiger partial charge in [-0.15, -0.1) is 0 Å². The predicted octanol–water partition coefficient (Wildman–Crippen LogP) is 0.820. The highest BCUT2D eigenvalue weighted by molar-refractivity contribution is 9.09. The van der Waals surface area contributed by atoms with E-state index in [0.717, 1.165) is 0 Å². The van der Waals surface area contributed by atoms with Gasteiger partial charge in [0.1, 0.15) is 0 Å². The zero-order valence-electron chi connectivity index (χ0n) is 8.44. The summed E-state index contributed by atoms with van der Waals surface area (Å²) in [6.45, 7) is 4.86. The fourth-order valence-electron chi connectivity index (χ4n) is 1.37. The van der Waals surface area contributed by atoms with Crippen LogP contribution in [0.5, 0.6) is 0 Å². The molecule has 0 radical (unpaired) electrons. The van der Waals surface area contributed by atoms with Crippen molar-refractivity contribution in [3.05, 3.63) is 0 Å². The topological polar surface area (TPSA) is 46.6 Å². The Morgan fingerprint density at radius 2 is 2.21 bits per heavy atom. The molecule has 1 aliphatic heterocycles. The Morgan fingerprint density at radius 3 is 2.71 bits per heavy atom. The van der Waals surface area contributed by atoms with Crippen LogP contribution < -0.4 is 0 Å². The minimum atomic E-state index is -3.14. The molecule has 1 saturated heterocycles. The van der Waals surface area contributed by atoms with E-state index >= 15 is 0 Å². The van der Waals surface area contributed by atoms with E-state index in [1.54, 1.807) is 18.2 Å². The largest absolute Gasteiger partial charge is 0.378 e. The number of rotatable bonds is 3. The Kier molecular flexibility index (Phi) is 4.36. The normalized spacial score (nSPS) is 25.6. The van der Waals surface area contributed by atoms with Gasteiger partial charge in [0.15, 0.2) is 0 Å². The van der Waals surface area contributed by atoms with Crippen molar-refractivity contribution >= 4 is 26.0 Å². The lowest BCUT2D eigenvalue weighted by molar-refractivity contribution is 0.0410. The summed E-state index contributed by atoms with van der Waals surface area (Å²) in [6, 6.07) is -0.0591. The fraction of sp³-hybridized carbons (Fsp3) is 1.00. The molecule has 0 aliphatic carbocycles. The Morgan fingerprint density at radius 1 is 1.57 bits per heavy atom. The second-order valence-electron chi connectivity index (χ2n) is 3.59. The molecule has 14 heavy (non-hydrogen) atoms. The third kappa shape index (κ3) is 2.48. The van der Waals surface area contributed by atoms with Gasteiger partial charge in [-0.2, -0.15) is 4.31 Å². The number of sulfonamides is 1. The van der Waals surface area contributed by atoms with E-state index < -0.39 is 10.0 Å². The molecule has 0 aromatic rings. The molecule has 0 N–H and O–H groups in total. The van der Waals surface area contributed by atoms with Crippen molar-refractivity contribution in [3.8, 4) is 0 Å². The van der Waals surface area contributed by atoms with Crippen LogP contribution in [0.3, 0.4) is 0 Å². The number of hydrogen-bond donors (Lipinski definition) is 0. The summed E-state index contributed by atoms with van der Waals surface area (Å²) >= 11 is 3.31. The first-order valence-electron chi connectivity index (χ1n) is 4.64. The molecule has 0 spiro atoms. The molecule has 4 nitrogen and oxygen atoms in total. The number of nitrogens with zero attached hydrogens (tertiary/aromatic N) is 1. The van der Waals surface area contributed by atoms with E-state index in [-0.39, 0.29) is 11.3 Å². The summed E-state index contributed by atoms with van der Waals surface area (Å²) in [5.74, 6) is 0. The van der Waals surface area contributed by atoms with Crippen molar-refractivity contribution in [1.82, 2.24) is 4.31 Å². The molecule has 1 unspecified atom stereocenters. The molecule has 0 amide bonds. The van der Waals surface area contributed by atoms with Crippen LogP contribution in [-0.2, 0) is 14.8 Å². The van der Waals surface area contributed by atoms with Crippen molar-refractivity contribution < 1.29 is 13.2 Å². The van der Waals surface area contributed by atoms with E-state index in [2.05, 4.69) is 15.9 Å². The van der Waals surface area contributed by atoms with E-state index in [1.165, 1.54) is 0 Å². The highest BCUT2D eigenvalue weighted by atomic mass is 79.9. The van der Waals surface area contributed by atoms with Gasteiger partial charge < -0.3 is 4.74 Å². The van der Waals surface area contributed by atoms with Crippen LogP contribution in [0, 0.1) is 0 Å². The van der Waals surface area contributed by atoms with Gasteiger partial charge in [0, 0.05) is 11.9 Å². The van der Waals surface area contributed by atoms with Crippen molar-refractivity contribution in [3.63, 3.8) is 0 Å². The predicted molar refractivity (Wildman–Crippen MR) is 59.2 cm³/mol. The zero-order chi connectivity index (χ0) is 10.8. The highest BCUT2D eigenvalue weighted by Crippen LogP contribution is 2.17. The van der Waals surface area contributed by atoms with Crippen LogP contribution in [0.1, 0.15) is 13.8 Å². The molecule has 0 bridgehead atoms. The van der Waals surface area contributed by atoms with Crippen molar-refractivity contribution in [2.45, 2.75) is 25.1 Å². The van der Waals surface area contributed by atoms with E-state index in [4.69, 9.17) is 4.74 Å². The van der Waals surface area contributed by atoms with Gasteiger partial charge in [0.25, 0.3) is 0 Å². The molecule has 1 fully saturated rings. The van der Waals surface area contributed by atoms with Crippen LogP contribution in [0.25, 0.3) is 0 Å². The molecular formula is C8H16BrNO3S. The van der Waals surface area contributed by atoms with Crippen LogP contribution in [0.2, 0.25) is 0 Å².